The highest BCUT2D eigenvalue weighted by molar-refractivity contribution is 7.98. The number of rotatable bonds is 6. The van der Waals surface area contributed by atoms with Gasteiger partial charge in [0.1, 0.15) is 5.03 Å². The first kappa shape index (κ1) is 17.9. The molecule has 1 N–H and O–H groups in total. The lowest BCUT2D eigenvalue weighted by molar-refractivity contribution is 0.102. The predicted molar refractivity (Wildman–Crippen MR) is 107 cm³/mol. The fourth-order valence-electron chi connectivity index (χ4n) is 2.37. The summed E-state index contributed by atoms with van der Waals surface area (Å²) in [6.07, 6.45) is 5.23. The van der Waals surface area contributed by atoms with Crippen LogP contribution in [0.25, 0.3) is 0 Å². The van der Waals surface area contributed by atoms with Crippen LogP contribution in [0.15, 0.2) is 72.1 Å². The standard InChI is InChI=1S/C20H20N4OS/c1-24(2)17-6-3-5-16(13-17)23-19(25)18-7-4-10-22-20(18)26-14-15-8-11-21-12-9-15/h3-13H,14H2,1-2H3,(H,23,25). The highest BCUT2D eigenvalue weighted by atomic mass is 32.2. The van der Waals surface area contributed by atoms with Crippen molar-refractivity contribution in [2.45, 2.75) is 10.8 Å². The van der Waals surface area contributed by atoms with Crippen molar-refractivity contribution in [2.75, 3.05) is 24.3 Å². The van der Waals surface area contributed by atoms with Gasteiger partial charge in [0.15, 0.2) is 0 Å². The minimum atomic E-state index is -0.161. The van der Waals surface area contributed by atoms with Gasteiger partial charge in [0.25, 0.3) is 5.91 Å². The lowest BCUT2D eigenvalue weighted by atomic mass is 10.2. The molecule has 3 rings (SSSR count). The van der Waals surface area contributed by atoms with Crippen molar-refractivity contribution in [3.8, 4) is 0 Å². The molecule has 0 saturated heterocycles. The van der Waals surface area contributed by atoms with Crippen LogP contribution >= 0.6 is 11.8 Å². The second-order valence-electron chi connectivity index (χ2n) is 5.90. The largest absolute Gasteiger partial charge is 0.378 e. The van der Waals surface area contributed by atoms with Crippen LogP contribution in [0.2, 0.25) is 0 Å². The van der Waals surface area contributed by atoms with Gasteiger partial charge in [0, 0.05) is 49.8 Å². The molecule has 0 bridgehead atoms. The van der Waals surface area contributed by atoms with Gasteiger partial charge in [-0.1, -0.05) is 6.07 Å². The molecule has 6 heteroatoms. The van der Waals surface area contributed by atoms with Crippen molar-refractivity contribution in [3.63, 3.8) is 0 Å². The number of anilines is 2. The maximum atomic E-state index is 12.7. The van der Waals surface area contributed by atoms with Crippen LogP contribution in [0.5, 0.6) is 0 Å². The lowest BCUT2D eigenvalue weighted by Crippen LogP contribution is -2.14. The average Bonchev–Trinajstić information content (AvgIpc) is 2.67. The molecule has 0 aliphatic carbocycles. The van der Waals surface area contributed by atoms with Gasteiger partial charge in [0.2, 0.25) is 0 Å². The Bertz CT molecular complexity index is 884. The summed E-state index contributed by atoms with van der Waals surface area (Å²) < 4.78 is 0. The molecule has 0 radical (unpaired) electrons. The molecule has 1 aromatic carbocycles. The molecular formula is C20H20N4OS. The molecule has 2 aromatic heterocycles. The minimum absolute atomic E-state index is 0.161. The molecule has 1 amide bonds. The number of nitrogens with zero attached hydrogens (tertiary/aromatic N) is 3. The second kappa shape index (κ2) is 8.49. The van der Waals surface area contributed by atoms with E-state index in [1.807, 2.05) is 55.4 Å². The summed E-state index contributed by atoms with van der Waals surface area (Å²) in [6.45, 7) is 0. The first-order valence-electron chi connectivity index (χ1n) is 8.19. The Labute approximate surface area is 157 Å². The Balaban J connectivity index is 1.74. The SMILES string of the molecule is CN(C)c1cccc(NC(=O)c2cccnc2SCc2ccncc2)c1. The lowest BCUT2D eigenvalue weighted by Gasteiger charge is -2.14. The zero-order valence-electron chi connectivity index (χ0n) is 14.7. The number of hydrogen-bond acceptors (Lipinski definition) is 5. The van der Waals surface area contributed by atoms with Crippen LogP contribution in [0, 0.1) is 0 Å². The fraction of sp³-hybridized carbons (Fsp3) is 0.150. The highest BCUT2D eigenvalue weighted by Crippen LogP contribution is 2.25. The van der Waals surface area contributed by atoms with Gasteiger partial charge in [0.05, 0.1) is 5.56 Å². The van der Waals surface area contributed by atoms with Gasteiger partial charge in [-0.3, -0.25) is 9.78 Å². The van der Waals surface area contributed by atoms with Gasteiger partial charge < -0.3 is 10.2 Å². The number of nitrogens with one attached hydrogen (secondary N) is 1. The number of hydrogen-bond donors (Lipinski definition) is 1. The van der Waals surface area contributed by atoms with Crippen molar-refractivity contribution in [3.05, 3.63) is 78.2 Å². The minimum Gasteiger partial charge on any atom is -0.378 e. The zero-order chi connectivity index (χ0) is 18.4. The van der Waals surface area contributed by atoms with Crippen LogP contribution in [-0.4, -0.2) is 30.0 Å². The Kier molecular flexibility index (Phi) is 5.86. The molecule has 0 spiro atoms. The van der Waals surface area contributed by atoms with Crippen molar-refractivity contribution in [1.82, 2.24) is 9.97 Å². The van der Waals surface area contributed by atoms with E-state index in [2.05, 4.69) is 15.3 Å². The summed E-state index contributed by atoms with van der Waals surface area (Å²) in [7, 11) is 3.94. The number of carbonyl (C=O) groups is 1. The van der Waals surface area contributed by atoms with Crippen LogP contribution < -0.4 is 10.2 Å². The monoisotopic (exact) mass is 364 g/mol. The normalized spacial score (nSPS) is 10.4. The Morgan fingerprint density at radius 3 is 2.65 bits per heavy atom. The fourth-order valence-corrected chi connectivity index (χ4v) is 3.32. The topological polar surface area (TPSA) is 58.1 Å². The molecular weight excluding hydrogens is 344 g/mol. The van der Waals surface area contributed by atoms with Crippen molar-refractivity contribution < 1.29 is 4.79 Å². The molecule has 0 atom stereocenters. The van der Waals surface area contributed by atoms with E-state index in [0.717, 1.165) is 22.7 Å². The van der Waals surface area contributed by atoms with Gasteiger partial charge in [-0.25, -0.2) is 4.98 Å². The summed E-state index contributed by atoms with van der Waals surface area (Å²) >= 11 is 1.54. The summed E-state index contributed by atoms with van der Waals surface area (Å²) in [5, 5.41) is 3.68. The maximum Gasteiger partial charge on any atom is 0.258 e. The quantitative estimate of drug-likeness (QED) is 0.668. The van der Waals surface area contributed by atoms with E-state index in [-0.39, 0.29) is 5.91 Å². The van der Waals surface area contributed by atoms with Gasteiger partial charge in [-0.15, -0.1) is 11.8 Å². The van der Waals surface area contributed by atoms with E-state index in [0.29, 0.717) is 10.6 Å². The molecule has 2 heterocycles. The van der Waals surface area contributed by atoms with E-state index >= 15 is 0 Å². The van der Waals surface area contributed by atoms with Gasteiger partial charge in [-0.2, -0.15) is 0 Å². The Morgan fingerprint density at radius 2 is 1.88 bits per heavy atom. The molecule has 0 saturated carbocycles. The van der Waals surface area contributed by atoms with E-state index < -0.39 is 0 Å². The van der Waals surface area contributed by atoms with Gasteiger partial charge >= 0.3 is 0 Å². The maximum absolute atomic E-state index is 12.7. The van der Waals surface area contributed by atoms with Crippen LogP contribution in [0.3, 0.4) is 0 Å². The third-order valence-electron chi connectivity index (χ3n) is 3.76. The predicted octanol–water partition coefficient (Wildman–Crippen LogP) is 4.09. The third-order valence-corrected chi connectivity index (χ3v) is 4.84. The van der Waals surface area contributed by atoms with E-state index in [1.54, 1.807) is 30.7 Å². The zero-order valence-corrected chi connectivity index (χ0v) is 15.5. The summed E-state index contributed by atoms with van der Waals surface area (Å²) in [4.78, 5) is 23.1. The summed E-state index contributed by atoms with van der Waals surface area (Å²) in [6, 6.07) is 15.2. The number of pyridine rings is 2. The molecule has 5 nitrogen and oxygen atoms in total. The summed E-state index contributed by atoms with van der Waals surface area (Å²) in [5.74, 6) is 0.571. The summed E-state index contributed by atoms with van der Waals surface area (Å²) in [5.41, 5.74) is 3.50. The van der Waals surface area contributed by atoms with Crippen molar-refractivity contribution in [2.24, 2.45) is 0 Å². The van der Waals surface area contributed by atoms with Crippen molar-refractivity contribution in [1.29, 1.82) is 0 Å². The molecule has 0 aliphatic rings. The van der Waals surface area contributed by atoms with Crippen LogP contribution in [-0.2, 0) is 5.75 Å². The number of carbonyl (C=O) groups excluding carboxylic acids is 1. The smallest absolute Gasteiger partial charge is 0.258 e. The number of thioether (sulfide) groups is 1. The van der Waals surface area contributed by atoms with Crippen molar-refractivity contribution >= 4 is 29.0 Å². The second-order valence-corrected chi connectivity index (χ2v) is 6.86. The third kappa shape index (κ3) is 4.61. The highest BCUT2D eigenvalue weighted by Gasteiger charge is 2.13. The number of benzene rings is 1. The average molecular weight is 364 g/mol. The molecule has 132 valence electrons. The molecule has 0 fully saturated rings. The molecule has 3 aromatic rings. The molecule has 26 heavy (non-hydrogen) atoms. The first-order chi connectivity index (χ1) is 12.6. The van der Waals surface area contributed by atoms with E-state index in [4.69, 9.17) is 0 Å². The van der Waals surface area contributed by atoms with Crippen LogP contribution in [0.4, 0.5) is 11.4 Å². The Hall–Kier alpha value is -2.86. The molecule has 0 unspecified atom stereocenters. The van der Waals surface area contributed by atoms with E-state index in [1.165, 1.54) is 11.8 Å². The number of aromatic nitrogens is 2. The van der Waals surface area contributed by atoms with Gasteiger partial charge in [-0.05, 0) is 48.0 Å². The number of amides is 1. The van der Waals surface area contributed by atoms with E-state index in [9.17, 15) is 4.79 Å². The molecule has 0 aliphatic heterocycles. The first-order valence-corrected chi connectivity index (χ1v) is 9.17. The van der Waals surface area contributed by atoms with Crippen LogP contribution in [0.1, 0.15) is 15.9 Å². The Morgan fingerprint density at radius 1 is 1.08 bits per heavy atom.